The third kappa shape index (κ3) is 10.6. The molecule has 4 aromatic carbocycles. The van der Waals surface area contributed by atoms with Crippen LogP contribution in [0.15, 0.2) is 97.1 Å². The number of nitrogen functional groups attached to an aromatic ring is 2. The summed E-state index contributed by atoms with van der Waals surface area (Å²) in [5.41, 5.74) is 17.3. The number of esters is 2. The zero-order valence-corrected chi connectivity index (χ0v) is 25.1. The summed E-state index contributed by atoms with van der Waals surface area (Å²) in [6.45, 7) is 0.853. The molecule has 0 aliphatic heterocycles. The van der Waals surface area contributed by atoms with Crippen LogP contribution >= 0.6 is 0 Å². The SMILES string of the molecule is N#CCCCOc1ccc(-c2ccc(C(=O)Oc3ccc(/C=C/C(=O)OCCCCCc4ccc(N)cc4N)cc3)cc2)cc1. The molecular weight excluding hydrogens is 566 g/mol. The number of carbonyl (C=O) groups excluding carboxylic acids is 2. The van der Waals surface area contributed by atoms with Gasteiger partial charge in [0.1, 0.15) is 11.5 Å². The van der Waals surface area contributed by atoms with Gasteiger partial charge in [-0.2, -0.15) is 5.26 Å². The number of hydrogen-bond acceptors (Lipinski definition) is 8. The minimum absolute atomic E-state index is 0.350. The highest BCUT2D eigenvalue weighted by Crippen LogP contribution is 2.24. The fourth-order valence-corrected chi connectivity index (χ4v) is 4.52. The predicted octanol–water partition coefficient (Wildman–Crippen LogP) is 7.39. The first-order valence-corrected chi connectivity index (χ1v) is 14.9. The van der Waals surface area contributed by atoms with E-state index in [1.165, 1.54) is 6.08 Å². The Morgan fingerprint density at radius 2 is 1.44 bits per heavy atom. The van der Waals surface area contributed by atoms with Crippen molar-refractivity contribution in [1.82, 2.24) is 0 Å². The van der Waals surface area contributed by atoms with Crippen LogP contribution in [0.1, 0.15) is 53.6 Å². The van der Waals surface area contributed by atoms with Crippen molar-refractivity contribution in [2.75, 3.05) is 24.7 Å². The van der Waals surface area contributed by atoms with Crippen molar-refractivity contribution in [3.63, 3.8) is 0 Å². The number of ether oxygens (including phenoxy) is 3. The molecule has 0 spiro atoms. The summed E-state index contributed by atoms with van der Waals surface area (Å²) >= 11 is 0. The Balaban J connectivity index is 1.16. The lowest BCUT2D eigenvalue weighted by Crippen LogP contribution is -2.08. The highest BCUT2D eigenvalue weighted by molar-refractivity contribution is 5.91. The second kappa shape index (κ2) is 16.9. The monoisotopic (exact) mass is 603 g/mol. The molecule has 0 saturated carbocycles. The number of nitriles is 1. The van der Waals surface area contributed by atoms with Gasteiger partial charge in [-0.05, 0) is 109 Å². The Kier molecular flexibility index (Phi) is 12.2. The second-order valence-corrected chi connectivity index (χ2v) is 10.4. The zero-order valence-electron chi connectivity index (χ0n) is 25.1. The van der Waals surface area contributed by atoms with Gasteiger partial charge in [0.15, 0.2) is 0 Å². The summed E-state index contributed by atoms with van der Waals surface area (Å²) in [4.78, 5) is 24.8. The lowest BCUT2D eigenvalue weighted by molar-refractivity contribution is -0.137. The number of benzene rings is 4. The Morgan fingerprint density at radius 3 is 2.13 bits per heavy atom. The minimum atomic E-state index is -0.466. The molecule has 4 rings (SSSR count). The first-order chi connectivity index (χ1) is 21.9. The van der Waals surface area contributed by atoms with Crippen molar-refractivity contribution < 1.29 is 23.8 Å². The average Bonchev–Trinajstić information content (AvgIpc) is 3.05. The molecule has 8 heteroatoms. The smallest absolute Gasteiger partial charge is 0.343 e. The van der Waals surface area contributed by atoms with Gasteiger partial charge in [-0.1, -0.05) is 42.5 Å². The van der Waals surface area contributed by atoms with E-state index < -0.39 is 11.9 Å². The van der Waals surface area contributed by atoms with Crippen molar-refractivity contribution in [1.29, 1.82) is 5.26 Å². The van der Waals surface area contributed by atoms with E-state index in [1.807, 2.05) is 48.5 Å². The maximum Gasteiger partial charge on any atom is 0.343 e. The van der Waals surface area contributed by atoms with E-state index in [0.717, 1.165) is 53.7 Å². The van der Waals surface area contributed by atoms with Crippen LogP contribution < -0.4 is 20.9 Å². The molecule has 230 valence electrons. The number of carbonyl (C=O) groups is 2. The van der Waals surface area contributed by atoms with Gasteiger partial charge >= 0.3 is 11.9 Å². The lowest BCUT2D eigenvalue weighted by Gasteiger charge is -2.08. The Labute approximate surface area is 263 Å². The third-order valence-electron chi connectivity index (χ3n) is 7.02. The summed E-state index contributed by atoms with van der Waals surface area (Å²) in [6, 6.07) is 29.4. The van der Waals surface area contributed by atoms with Crippen LogP contribution in [0.25, 0.3) is 17.2 Å². The minimum Gasteiger partial charge on any atom is -0.494 e. The van der Waals surface area contributed by atoms with E-state index in [4.69, 9.17) is 30.9 Å². The molecule has 0 fully saturated rings. The number of hydrogen-bond donors (Lipinski definition) is 2. The highest BCUT2D eigenvalue weighted by Gasteiger charge is 2.10. The molecule has 0 bridgehead atoms. The summed E-state index contributed by atoms with van der Waals surface area (Å²) in [7, 11) is 0. The van der Waals surface area contributed by atoms with E-state index >= 15 is 0 Å². The van der Waals surface area contributed by atoms with Gasteiger partial charge in [-0.25, -0.2) is 9.59 Å². The average molecular weight is 604 g/mol. The van der Waals surface area contributed by atoms with Gasteiger partial charge in [0.2, 0.25) is 0 Å². The number of nitrogens with zero attached hydrogens (tertiary/aromatic N) is 1. The van der Waals surface area contributed by atoms with E-state index in [2.05, 4.69) is 6.07 Å². The Morgan fingerprint density at radius 1 is 0.756 bits per heavy atom. The highest BCUT2D eigenvalue weighted by atomic mass is 16.5. The normalized spacial score (nSPS) is 10.7. The number of unbranched alkanes of at least 4 members (excludes halogenated alkanes) is 3. The van der Waals surface area contributed by atoms with Crippen LogP contribution in [0, 0.1) is 11.3 Å². The molecular formula is C37H37N3O5. The summed E-state index contributed by atoms with van der Waals surface area (Å²) in [6.07, 6.45) is 7.70. The van der Waals surface area contributed by atoms with Crippen LogP contribution in [-0.2, 0) is 16.0 Å². The van der Waals surface area contributed by atoms with Gasteiger partial charge in [-0.15, -0.1) is 0 Å². The van der Waals surface area contributed by atoms with E-state index in [-0.39, 0.29) is 0 Å². The number of rotatable bonds is 15. The second-order valence-electron chi connectivity index (χ2n) is 10.4. The van der Waals surface area contributed by atoms with Crippen LogP contribution in [0.4, 0.5) is 11.4 Å². The molecule has 45 heavy (non-hydrogen) atoms. The number of aryl methyl sites for hydroxylation is 1. The van der Waals surface area contributed by atoms with Crippen LogP contribution in [0.5, 0.6) is 11.5 Å². The maximum atomic E-state index is 12.7. The van der Waals surface area contributed by atoms with Gasteiger partial charge in [0.25, 0.3) is 0 Å². The van der Waals surface area contributed by atoms with Crippen molar-refractivity contribution in [3.05, 3.63) is 114 Å². The standard InChI is InChI=1S/C37H37N3O5/c38-23-3-5-24-43-33-20-15-29(16-21-33)28-10-12-31(13-11-28)37(42)45-34-18-7-27(8-19-34)9-22-36(41)44-25-4-1-2-6-30-14-17-32(39)26-35(30)40/h7-22,26H,1-6,24-25,39-40H2/b22-9+. The first-order valence-electron chi connectivity index (χ1n) is 14.9. The molecule has 0 aliphatic carbocycles. The molecule has 0 unspecified atom stereocenters. The maximum absolute atomic E-state index is 12.7. The molecule has 8 nitrogen and oxygen atoms in total. The Hall–Kier alpha value is -5.55. The molecule has 4 aromatic rings. The molecule has 0 aromatic heterocycles. The van der Waals surface area contributed by atoms with Gasteiger partial charge in [0.05, 0.1) is 24.8 Å². The quantitative estimate of drug-likeness (QED) is 0.0472. The van der Waals surface area contributed by atoms with Crippen LogP contribution in [-0.4, -0.2) is 25.2 Å². The fourth-order valence-electron chi connectivity index (χ4n) is 4.52. The largest absolute Gasteiger partial charge is 0.494 e. The van der Waals surface area contributed by atoms with E-state index in [1.54, 1.807) is 48.5 Å². The van der Waals surface area contributed by atoms with Crippen molar-refractivity contribution in [3.8, 4) is 28.7 Å². The predicted molar refractivity (Wildman–Crippen MR) is 176 cm³/mol. The fraction of sp³-hybridized carbons (Fsp3) is 0.216. The molecule has 0 radical (unpaired) electrons. The number of anilines is 2. The third-order valence-corrected chi connectivity index (χ3v) is 7.02. The Bertz CT molecular complexity index is 1620. The topological polar surface area (TPSA) is 138 Å². The summed E-state index contributed by atoms with van der Waals surface area (Å²) in [5, 5.41) is 8.61. The van der Waals surface area contributed by atoms with Crippen LogP contribution in [0.3, 0.4) is 0 Å². The lowest BCUT2D eigenvalue weighted by atomic mass is 10.0. The molecule has 0 amide bonds. The molecule has 0 aliphatic rings. The molecule has 0 heterocycles. The van der Waals surface area contributed by atoms with Crippen molar-refractivity contribution in [2.24, 2.45) is 0 Å². The summed E-state index contributed by atoms with van der Waals surface area (Å²) < 4.78 is 16.4. The zero-order chi connectivity index (χ0) is 31.9. The van der Waals surface area contributed by atoms with Crippen molar-refractivity contribution in [2.45, 2.75) is 38.5 Å². The van der Waals surface area contributed by atoms with E-state index in [0.29, 0.717) is 48.7 Å². The molecule has 0 saturated heterocycles. The first kappa shape index (κ1) is 32.4. The van der Waals surface area contributed by atoms with Gasteiger partial charge < -0.3 is 25.7 Å². The van der Waals surface area contributed by atoms with Crippen LogP contribution in [0.2, 0.25) is 0 Å². The number of nitrogens with two attached hydrogens (primary N) is 2. The summed E-state index contributed by atoms with van der Waals surface area (Å²) in [5.74, 6) is 0.271. The van der Waals surface area contributed by atoms with Gasteiger partial charge in [-0.3, -0.25) is 0 Å². The molecule has 4 N–H and O–H groups in total. The van der Waals surface area contributed by atoms with Crippen molar-refractivity contribution >= 4 is 29.4 Å². The van der Waals surface area contributed by atoms with E-state index in [9.17, 15) is 9.59 Å². The molecule has 0 atom stereocenters. The van der Waals surface area contributed by atoms with Gasteiger partial charge in [0, 0.05) is 23.9 Å².